The van der Waals surface area contributed by atoms with Gasteiger partial charge < -0.3 is 15.2 Å². The van der Waals surface area contributed by atoms with Crippen molar-refractivity contribution in [2.24, 2.45) is 5.41 Å². The summed E-state index contributed by atoms with van der Waals surface area (Å²) in [6.07, 6.45) is 5.20. The number of carbonyl (C=O) groups excluding carboxylic acids is 1. The molecule has 0 radical (unpaired) electrons. The quantitative estimate of drug-likeness (QED) is 0.261. The third kappa shape index (κ3) is 9.60. The molecule has 0 spiro atoms. The molecule has 1 aliphatic carbocycles. The molecule has 6 nitrogen and oxygen atoms in total. The monoisotopic (exact) mass is 665 g/mol. The molecule has 1 aliphatic rings. The van der Waals surface area contributed by atoms with Crippen molar-refractivity contribution in [3.63, 3.8) is 0 Å². The fraction of sp³-hybridized carbons (Fsp3) is 0.630. The highest BCUT2D eigenvalue weighted by Gasteiger charge is 2.33. The number of halogens is 4. The molecule has 0 saturated carbocycles. The van der Waals surface area contributed by atoms with Crippen LogP contribution in [-0.4, -0.2) is 40.6 Å². The van der Waals surface area contributed by atoms with Crippen molar-refractivity contribution in [2.45, 2.75) is 91.0 Å². The Balaban J connectivity index is 0.00000342. The van der Waals surface area contributed by atoms with Crippen molar-refractivity contribution in [3.8, 4) is 0 Å². The zero-order valence-electron chi connectivity index (χ0n) is 22.7. The smallest absolute Gasteiger partial charge is 0.242 e. The summed E-state index contributed by atoms with van der Waals surface area (Å²) in [7, 11) is 0. The van der Waals surface area contributed by atoms with Crippen LogP contribution >= 0.6 is 45.6 Å². The minimum absolute atomic E-state index is 0. The average molecular weight is 668 g/mol. The van der Waals surface area contributed by atoms with Gasteiger partial charge in [-0.25, -0.2) is 9.37 Å². The number of carbonyl (C=O) groups is 1. The highest BCUT2D eigenvalue weighted by Crippen LogP contribution is 2.35. The third-order valence-electron chi connectivity index (χ3n) is 6.53. The van der Waals surface area contributed by atoms with Gasteiger partial charge in [-0.05, 0) is 61.8 Å². The van der Waals surface area contributed by atoms with E-state index >= 15 is 4.39 Å². The molecular formula is C27H43Br2ClFN5O. The van der Waals surface area contributed by atoms with Crippen LogP contribution in [0.4, 0.5) is 10.2 Å². The number of alkyl halides is 1. The van der Waals surface area contributed by atoms with E-state index in [2.05, 4.69) is 55.6 Å². The molecule has 2 aromatic rings. The molecule has 1 heterocycles. The standard InChI is InChI=1S/C27H41ClFN5O.2BrH/c1-7-8-22(32-21-12-9-18-13-19(28)10-11-20(18)24(21)29)25(35)33-23-14-34(17-31-23)27(5,6)16-30-15-26(2,3)4;;/h10-11,13-14,17,21-22,24,30,32H,7-9,12,15-16H2,1-6H3,(H,33,35);2*1H/t21?,22-,24-;;/m0../s1. The van der Waals surface area contributed by atoms with E-state index in [1.165, 1.54) is 0 Å². The first-order valence-corrected chi connectivity index (χ1v) is 13.0. The van der Waals surface area contributed by atoms with Crippen LogP contribution < -0.4 is 16.0 Å². The molecule has 210 valence electrons. The summed E-state index contributed by atoms with van der Waals surface area (Å²) < 4.78 is 17.3. The number of amides is 1. The molecule has 3 rings (SSSR count). The van der Waals surface area contributed by atoms with Crippen molar-refractivity contribution in [1.82, 2.24) is 20.2 Å². The number of benzene rings is 1. The highest BCUT2D eigenvalue weighted by molar-refractivity contribution is 8.93. The van der Waals surface area contributed by atoms with Gasteiger partial charge in [0, 0.05) is 30.4 Å². The summed E-state index contributed by atoms with van der Waals surface area (Å²) in [5.74, 6) is 0.317. The summed E-state index contributed by atoms with van der Waals surface area (Å²) in [6.45, 7) is 14.6. The first kappa shape index (κ1) is 34.0. The second-order valence-electron chi connectivity index (χ2n) is 11.5. The lowest BCUT2D eigenvalue weighted by atomic mass is 9.86. The van der Waals surface area contributed by atoms with E-state index in [0.29, 0.717) is 29.2 Å². The lowest BCUT2D eigenvalue weighted by Gasteiger charge is -2.32. The molecule has 1 aromatic carbocycles. The van der Waals surface area contributed by atoms with Gasteiger partial charge in [-0.15, -0.1) is 34.0 Å². The van der Waals surface area contributed by atoms with Crippen molar-refractivity contribution >= 4 is 57.3 Å². The van der Waals surface area contributed by atoms with E-state index in [4.69, 9.17) is 11.6 Å². The van der Waals surface area contributed by atoms with Gasteiger partial charge in [0.1, 0.15) is 6.17 Å². The summed E-state index contributed by atoms with van der Waals surface area (Å²) in [4.78, 5) is 17.5. The van der Waals surface area contributed by atoms with E-state index in [1.807, 2.05) is 23.8 Å². The van der Waals surface area contributed by atoms with E-state index in [1.54, 1.807) is 18.5 Å². The molecule has 10 heteroatoms. The molecule has 1 unspecified atom stereocenters. The predicted molar refractivity (Wildman–Crippen MR) is 162 cm³/mol. The first-order valence-electron chi connectivity index (χ1n) is 12.6. The van der Waals surface area contributed by atoms with Crippen LogP contribution in [0, 0.1) is 5.41 Å². The van der Waals surface area contributed by atoms with Crippen LogP contribution in [0.5, 0.6) is 0 Å². The fourth-order valence-electron chi connectivity index (χ4n) is 4.51. The van der Waals surface area contributed by atoms with Crippen molar-refractivity contribution in [1.29, 1.82) is 0 Å². The number of nitrogens with zero attached hydrogens (tertiary/aromatic N) is 2. The zero-order chi connectivity index (χ0) is 25.8. The fourth-order valence-corrected chi connectivity index (χ4v) is 4.70. The Kier molecular flexibility index (Phi) is 13.2. The summed E-state index contributed by atoms with van der Waals surface area (Å²) in [5.41, 5.74) is 1.61. The number of anilines is 1. The number of hydrogen-bond acceptors (Lipinski definition) is 4. The minimum Gasteiger partial charge on any atom is -0.328 e. The van der Waals surface area contributed by atoms with Gasteiger partial charge in [-0.2, -0.15) is 0 Å². The maximum absolute atomic E-state index is 15.3. The molecule has 3 N–H and O–H groups in total. The van der Waals surface area contributed by atoms with Crippen LogP contribution in [0.15, 0.2) is 30.7 Å². The first-order chi connectivity index (χ1) is 16.4. The number of fused-ring (bicyclic) bond motifs is 1. The Morgan fingerprint density at radius 2 is 1.92 bits per heavy atom. The Labute approximate surface area is 247 Å². The Morgan fingerprint density at radius 1 is 1.22 bits per heavy atom. The number of aryl methyl sites for hydroxylation is 1. The topological polar surface area (TPSA) is 71.0 Å². The van der Waals surface area contributed by atoms with Crippen molar-refractivity contribution < 1.29 is 9.18 Å². The molecule has 37 heavy (non-hydrogen) atoms. The predicted octanol–water partition coefficient (Wildman–Crippen LogP) is 6.79. The third-order valence-corrected chi connectivity index (χ3v) is 6.77. The molecule has 3 atom stereocenters. The van der Waals surface area contributed by atoms with E-state index in [0.717, 1.165) is 31.5 Å². The summed E-state index contributed by atoms with van der Waals surface area (Å²) in [5, 5.41) is 10.4. The van der Waals surface area contributed by atoms with Crippen LogP contribution in [0.25, 0.3) is 0 Å². The van der Waals surface area contributed by atoms with E-state index in [-0.39, 0.29) is 50.8 Å². The molecule has 0 saturated heterocycles. The van der Waals surface area contributed by atoms with Gasteiger partial charge in [0.25, 0.3) is 0 Å². The molecule has 0 bridgehead atoms. The Morgan fingerprint density at radius 3 is 2.57 bits per heavy atom. The van der Waals surface area contributed by atoms with Gasteiger partial charge in [-0.1, -0.05) is 51.8 Å². The van der Waals surface area contributed by atoms with Crippen molar-refractivity contribution in [3.05, 3.63) is 46.9 Å². The molecule has 1 amide bonds. The lowest BCUT2D eigenvalue weighted by Crippen LogP contribution is -2.48. The van der Waals surface area contributed by atoms with Gasteiger partial charge in [0.2, 0.25) is 5.91 Å². The minimum atomic E-state index is -1.18. The molecule has 0 fully saturated rings. The van der Waals surface area contributed by atoms with Gasteiger partial charge in [0.05, 0.1) is 17.9 Å². The van der Waals surface area contributed by atoms with Crippen molar-refractivity contribution in [2.75, 3.05) is 18.4 Å². The molecular weight excluding hydrogens is 625 g/mol. The van der Waals surface area contributed by atoms with Gasteiger partial charge in [0.15, 0.2) is 5.82 Å². The maximum Gasteiger partial charge on any atom is 0.242 e. The number of hydrogen-bond donors (Lipinski definition) is 3. The van der Waals surface area contributed by atoms with Gasteiger partial charge >= 0.3 is 0 Å². The zero-order valence-corrected chi connectivity index (χ0v) is 26.9. The van der Waals surface area contributed by atoms with Crippen LogP contribution in [0.1, 0.15) is 78.1 Å². The van der Waals surface area contributed by atoms with E-state index < -0.39 is 18.3 Å². The largest absolute Gasteiger partial charge is 0.328 e. The summed E-state index contributed by atoms with van der Waals surface area (Å²) >= 11 is 6.08. The molecule has 0 aliphatic heterocycles. The SMILES string of the molecule is Br.Br.CCC[C@H](NC1CCc2cc(Cl)ccc2[C@@H]1F)C(=O)Nc1cn(C(C)(C)CNCC(C)(C)C)cn1. The maximum atomic E-state index is 15.3. The highest BCUT2D eigenvalue weighted by atomic mass is 79.9. The van der Waals surface area contributed by atoms with E-state index in [9.17, 15) is 4.79 Å². The number of aromatic nitrogens is 2. The number of imidazole rings is 1. The second kappa shape index (κ2) is 14.4. The summed E-state index contributed by atoms with van der Waals surface area (Å²) in [6, 6.07) is 4.41. The number of rotatable bonds is 10. The second-order valence-corrected chi connectivity index (χ2v) is 12.0. The molecule has 1 aromatic heterocycles. The normalized spacial score (nSPS) is 18.3. The van der Waals surface area contributed by atoms with Crippen LogP contribution in [0.3, 0.4) is 0 Å². The van der Waals surface area contributed by atoms with Crippen LogP contribution in [0.2, 0.25) is 5.02 Å². The average Bonchev–Trinajstić information content (AvgIpc) is 3.23. The Bertz CT molecular complexity index is 1010. The van der Waals surface area contributed by atoms with Gasteiger partial charge in [-0.3, -0.25) is 10.1 Å². The Hall–Kier alpha value is -1.00. The van der Waals surface area contributed by atoms with Crippen LogP contribution in [-0.2, 0) is 16.8 Å². The number of nitrogens with one attached hydrogen (secondary N) is 3. The lowest BCUT2D eigenvalue weighted by molar-refractivity contribution is -0.118.